The predicted octanol–water partition coefficient (Wildman–Crippen LogP) is 3.49. The van der Waals surface area contributed by atoms with E-state index in [9.17, 15) is 0 Å². The van der Waals surface area contributed by atoms with Crippen LogP contribution in [0.5, 0.6) is 0 Å². The van der Waals surface area contributed by atoms with Crippen LogP contribution in [0.3, 0.4) is 0 Å². The maximum absolute atomic E-state index is 4.30. The lowest BCUT2D eigenvalue weighted by molar-refractivity contribution is 0.664. The number of halogens is 1. The molecule has 0 aliphatic carbocycles. The summed E-state index contributed by atoms with van der Waals surface area (Å²) in [5.41, 5.74) is 3.78. The molecule has 0 aromatic heterocycles. The van der Waals surface area contributed by atoms with Gasteiger partial charge in [0, 0.05) is 44.7 Å². The molecular formula is C17H31IN4S. The van der Waals surface area contributed by atoms with Crippen molar-refractivity contribution in [3.63, 3.8) is 0 Å². The molecule has 0 unspecified atom stereocenters. The van der Waals surface area contributed by atoms with Gasteiger partial charge in [-0.05, 0) is 44.2 Å². The molecule has 1 aromatic rings. The maximum Gasteiger partial charge on any atom is 0.191 e. The molecule has 132 valence electrons. The second-order valence-electron chi connectivity index (χ2n) is 6.27. The molecular weight excluding hydrogens is 419 g/mol. The van der Waals surface area contributed by atoms with Crippen LogP contribution >= 0.6 is 35.7 Å². The lowest BCUT2D eigenvalue weighted by atomic mass is 10.1. The highest BCUT2D eigenvalue weighted by molar-refractivity contribution is 14.0. The van der Waals surface area contributed by atoms with Crippen LogP contribution in [0, 0.1) is 6.92 Å². The highest BCUT2D eigenvalue weighted by Crippen LogP contribution is 2.21. The van der Waals surface area contributed by atoms with Gasteiger partial charge < -0.3 is 15.5 Å². The Morgan fingerprint density at radius 1 is 1.26 bits per heavy atom. The fraction of sp³-hybridized carbons (Fsp3) is 0.588. The number of benzene rings is 1. The highest BCUT2D eigenvalue weighted by Gasteiger charge is 2.16. The van der Waals surface area contributed by atoms with Crippen LogP contribution in [-0.4, -0.2) is 44.7 Å². The number of nitrogens with zero attached hydrogens (tertiary/aromatic N) is 2. The molecule has 0 amide bonds. The van der Waals surface area contributed by atoms with Gasteiger partial charge >= 0.3 is 0 Å². The van der Waals surface area contributed by atoms with Crippen molar-refractivity contribution in [2.24, 2.45) is 4.99 Å². The summed E-state index contributed by atoms with van der Waals surface area (Å²) in [7, 11) is 5.96. The molecule has 0 heterocycles. The first kappa shape index (κ1) is 22.4. The zero-order valence-corrected chi connectivity index (χ0v) is 18.5. The minimum atomic E-state index is 0. The van der Waals surface area contributed by atoms with Gasteiger partial charge in [0.15, 0.2) is 5.96 Å². The highest BCUT2D eigenvalue weighted by atomic mass is 127. The average molecular weight is 450 g/mol. The van der Waals surface area contributed by atoms with E-state index < -0.39 is 0 Å². The summed E-state index contributed by atoms with van der Waals surface area (Å²) in [4.78, 5) is 6.45. The molecule has 0 saturated heterocycles. The number of nitrogens with one attached hydrogen (secondary N) is 2. The summed E-state index contributed by atoms with van der Waals surface area (Å²) in [5.74, 6) is 0.840. The van der Waals surface area contributed by atoms with E-state index in [2.05, 4.69) is 79.8 Å². The normalized spacial score (nSPS) is 11.7. The Morgan fingerprint density at radius 3 is 2.43 bits per heavy atom. The first-order valence-electron chi connectivity index (χ1n) is 7.55. The van der Waals surface area contributed by atoms with Crippen molar-refractivity contribution in [2.75, 3.05) is 38.8 Å². The molecule has 0 radical (unpaired) electrons. The number of hydrogen-bond acceptors (Lipinski definition) is 3. The first-order chi connectivity index (χ1) is 10.3. The molecule has 2 N–H and O–H groups in total. The fourth-order valence-electron chi connectivity index (χ4n) is 2.01. The van der Waals surface area contributed by atoms with E-state index >= 15 is 0 Å². The summed E-state index contributed by atoms with van der Waals surface area (Å²) >= 11 is 1.85. The van der Waals surface area contributed by atoms with Gasteiger partial charge in [-0.25, -0.2) is 0 Å². The number of anilines is 1. The number of guanidine groups is 1. The lowest BCUT2D eigenvalue weighted by Gasteiger charge is -2.24. The minimum absolute atomic E-state index is 0. The largest absolute Gasteiger partial charge is 0.377 e. The molecule has 0 aliphatic rings. The minimum Gasteiger partial charge on any atom is -0.377 e. The summed E-state index contributed by atoms with van der Waals surface area (Å²) in [6.45, 7) is 8.20. The number of aliphatic imine (C=N–C) groups is 1. The van der Waals surface area contributed by atoms with Crippen LogP contribution < -0.4 is 15.5 Å². The molecule has 0 aliphatic heterocycles. The molecule has 1 aromatic carbocycles. The summed E-state index contributed by atoms with van der Waals surface area (Å²) < 4.78 is 0.191. The van der Waals surface area contributed by atoms with Crippen LogP contribution in [-0.2, 0) is 6.54 Å². The Balaban J connectivity index is 0.00000484. The van der Waals surface area contributed by atoms with E-state index in [0.29, 0.717) is 0 Å². The Bertz CT molecular complexity index is 515. The van der Waals surface area contributed by atoms with E-state index in [1.165, 1.54) is 16.8 Å². The quantitative estimate of drug-likeness (QED) is 0.396. The van der Waals surface area contributed by atoms with Gasteiger partial charge in [0.25, 0.3) is 0 Å². The van der Waals surface area contributed by atoms with Gasteiger partial charge in [0.1, 0.15) is 0 Å². The molecule has 0 bridgehead atoms. The van der Waals surface area contributed by atoms with Crippen LogP contribution in [0.2, 0.25) is 0 Å². The third kappa shape index (κ3) is 7.65. The Hall–Kier alpha value is -0.630. The Kier molecular flexibility index (Phi) is 10.00. The van der Waals surface area contributed by atoms with Gasteiger partial charge in [-0.2, -0.15) is 11.8 Å². The Labute approximate surface area is 162 Å². The van der Waals surface area contributed by atoms with Gasteiger partial charge in [0.05, 0.1) is 0 Å². The zero-order chi connectivity index (χ0) is 16.8. The van der Waals surface area contributed by atoms with E-state index in [1.54, 1.807) is 0 Å². The Morgan fingerprint density at radius 2 is 1.91 bits per heavy atom. The topological polar surface area (TPSA) is 39.7 Å². The van der Waals surface area contributed by atoms with Crippen molar-refractivity contribution in [3.05, 3.63) is 29.3 Å². The van der Waals surface area contributed by atoms with Crippen molar-refractivity contribution >= 4 is 47.4 Å². The second-order valence-corrected chi connectivity index (χ2v) is 7.78. The summed E-state index contributed by atoms with van der Waals surface area (Å²) in [6, 6.07) is 6.54. The average Bonchev–Trinajstić information content (AvgIpc) is 2.48. The molecule has 4 nitrogen and oxygen atoms in total. The van der Waals surface area contributed by atoms with Gasteiger partial charge in [0.2, 0.25) is 0 Å². The third-order valence-corrected chi connectivity index (χ3v) is 4.88. The SMILES string of the molecule is CN=C(NCc1ccc(C)cc1N(C)C)NCC(C)(C)SC.I. The smallest absolute Gasteiger partial charge is 0.191 e. The van der Waals surface area contributed by atoms with E-state index in [1.807, 2.05) is 18.8 Å². The van der Waals surface area contributed by atoms with Crippen LogP contribution in [0.4, 0.5) is 5.69 Å². The summed E-state index contributed by atoms with van der Waals surface area (Å²) in [5, 5.41) is 6.80. The lowest BCUT2D eigenvalue weighted by Crippen LogP contribution is -2.43. The van der Waals surface area contributed by atoms with Crippen LogP contribution in [0.25, 0.3) is 0 Å². The molecule has 0 fully saturated rings. The number of thioether (sulfide) groups is 1. The third-order valence-electron chi connectivity index (χ3n) is 3.63. The number of rotatable bonds is 6. The molecule has 0 atom stereocenters. The predicted molar refractivity (Wildman–Crippen MR) is 117 cm³/mol. The number of hydrogen-bond donors (Lipinski definition) is 2. The van der Waals surface area contributed by atoms with E-state index in [4.69, 9.17) is 0 Å². The first-order valence-corrected chi connectivity index (χ1v) is 8.78. The molecule has 6 heteroatoms. The monoisotopic (exact) mass is 450 g/mol. The van der Waals surface area contributed by atoms with Gasteiger partial charge in [-0.15, -0.1) is 24.0 Å². The summed E-state index contributed by atoms with van der Waals surface area (Å²) in [6.07, 6.45) is 2.13. The van der Waals surface area contributed by atoms with Crippen molar-refractivity contribution in [3.8, 4) is 0 Å². The van der Waals surface area contributed by atoms with Gasteiger partial charge in [-0.3, -0.25) is 4.99 Å². The zero-order valence-electron chi connectivity index (χ0n) is 15.4. The molecule has 0 saturated carbocycles. The van der Waals surface area contributed by atoms with E-state index in [-0.39, 0.29) is 28.7 Å². The van der Waals surface area contributed by atoms with Gasteiger partial charge in [-0.1, -0.05) is 12.1 Å². The molecule has 23 heavy (non-hydrogen) atoms. The fourth-order valence-corrected chi connectivity index (χ4v) is 2.22. The van der Waals surface area contributed by atoms with Crippen molar-refractivity contribution in [2.45, 2.75) is 32.1 Å². The van der Waals surface area contributed by atoms with Crippen molar-refractivity contribution in [1.29, 1.82) is 0 Å². The molecule has 1 rings (SSSR count). The second kappa shape index (κ2) is 10.3. The maximum atomic E-state index is 4.30. The number of aryl methyl sites for hydroxylation is 1. The van der Waals surface area contributed by atoms with Crippen LogP contribution in [0.1, 0.15) is 25.0 Å². The van der Waals surface area contributed by atoms with Crippen molar-refractivity contribution in [1.82, 2.24) is 10.6 Å². The molecule has 0 spiro atoms. The van der Waals surface area contributed by atoms with E-state index in [0.717, 1.165) is 19.0 Å². The standard InChI is InChI=1S/C17H30N4S.HI/c1-13-8-9-14(15(10-13)21(5)6)11-19-16(18-4)20-12-17(2,3)22-7;/h8-10H,11-12H2,1-7H3,(H2,18,19,20);1H. The van der Waals surface area contributed by atoms with Crippen LogP contribution in [0.15, 0.2) is 23.2 Å². The van der Waals surface area contributed by atoms with Crippen molar-refractivity contribution < 1.29 is 0 Å².